The summed E-state index contributed by atoms with van der Waals surface area (Å²) in [4.78, 5) is 2.28. The van der Waals surface area contributed by atoms with Gasteiger partial charge in [0.05, 0.1) is 11.5 Å². The standard InChI is InChI=1S/C12H19N3/c1-15-9-6-12(11-14,7-10-15)5-3-2-4-8-13/h2-4,8H,5-7,9-10,13H2,1H3/b3-2-,8-4-. The van der Waals surface area contributed by atoms with Gasteiger partial charge in [0.25, 0.3) is 0 Å². The summed E-state index contributed by atoms with van der Waals surface area (Å²) in [7, 11) is 2.11. The summed E-state index contributed by atoms with van der Waals surface area (Å²) in [5, 5.41) is 9.24. The number of rotatable bonds is 3. The summed E-state index contributed by atoms with van der Waals surface area (Å²) in [5.41, 5.74) is 5.08. The fourth-order valence-electron chi connectivity index (χ4n) is 1.84. The van der Waals surface area contributed by atoms with Crippen LogP contribution in [0.25, 0.3) is 0 Å². The van der Waals surface area contributed by atoms with E-state index in [4.69, 9.17) is 5.73 Å². The molecule has 1 fully saturated rings. The minimum absolute atomic E-state index is 0.147. The van der Waals surface area contributed by atoms with E-state index in [1.54, 1.807) is 6.08 Å². The van der Waals surface area contributed by atoms with Gasteiger partial charge in [-0.25, -0.2) is 0 Å². The Balaban J connectivity index is 2.51. The molecule has 0 atom stereocenters. The van der Waals surface area contributed by atoms with Crippen LogP contribution in [0.3, 0.4) is 0 Å². The molecule has 0 unspecified atom stereocenters. The summed E-state index contributed by atoms with van der Waals surface area (Å²) in [6, 6.07) is 2.48. The van der Waals surface area contributed by atoms with Gasteiger partial charge in [-0.3, -0.25) is 0 Å². The number of nitrogens with zero attached hydrogens (tertiary/aromatic N) is 2. The van der Waals surface area contributed by atoms with Crippen LogP contribution < -0.4 is 5.73 Å². The second-order valence-corrected chi connectivity index (χ2v) is 4.21. The van der Waals surface area contributed by atoms with Gasteiger partial charge in [-0.05, 0) is 51.7 Å². The first-order chi connectivity index (χ1) is 7.22. The van der Waals surface area contributed by atoms with E-state index in [-0.39, 0.29) is 5.41 Å². The number of piperidine rings is 1. The molecule has 1 aliphatic rings. The fraction of sp³-hybridized carbons (Fsp3) is 0.583. The van der Waals surface area contributed by atoms with E-state index in [1.165, 1.54) is 6.20 Å². The molecule has 0 bridgehead atoms. The van der Waals surface area contributed by atoms with E-state index < -0.39 is 0 Å². The highest BCUT2D eigenvalue weighted by molar-refractivity contribution is 5.09. The maximum Gasteiger partial charge on any atom is 0.0694 e. The van der Waals surface area contributed by atoms with Gasteiger partial charge < -0.3 is 10.6 Å². The van der Waals surface area contributed by atoms with E-state index in [0.717, 1.165) is 32.4 Å². The largest absolute Gasteiger partial charge is 0.405 e. The normalized spacial score (nSPS) is 22.1. The third-order valence-corrected chi connectivity index (χ3v) is 3.05. The van der Waals surface area contributed by atoms with Crippen molar-refractivity contribution in [2.24, 2.45) is 11.1 Å². The van der Waals surface area contributed by atoms with Crippen LogP contribution in [-0.2, 0) is 0 Å². The molecule has 0 saturated carbocycles. The van der Waals surface area contributed by atoms with Gasteiger partial charge >= 0.3 is 0 Å². The van der Waals surface area contributed by atoms with Crippen LogP contribution in [-0.4, -0.2) is 25.0 Å². The van der Waals surface area contributed by atoms with Crippen molar-refractivity contribution in [3.8, 4) is 6.07 Å². The van der Waals surface area contributed by atoms with Crippen molar-refractivity contribution < 1.29 is 0 Å². The van der Waals surface area contributed by atoms with Crippen molar-refractivity contribution >= 4 is 0 Å². The van der Waals surface area contributed by atoms with Gasteiger partial charge in [-0.2, -0.15) is 5.26 Å². The zero-order chi connectivity index (χ0) is 11.1. The van der Waals surface area contributed by atoms with Crippen LogP contribution >= 0.6 is 0 Å². The van der Waals surface area contributed by atoms with Crippen LogP contribution in [0.15, 0.2) is 24.4 Å². The Labute approximate surface area is 91.9 Å². The summed E-state index contributed by atoms with van der Waals surface area (Å²) in [5.74, 6) is 0. The summed E-state index contributed by atoms with van der Waals surface area (Å²) in [6.07, 6.45) is 10.0. The molecule has 3 nitrogen and oxygen atoms in total. The maximum atomic E-state index is 9.24. The Morgan fingerprint density at radius 2 is 2.07 bits per heavy atom. The molecule has 0 amide bonds. The van der Waals surface area contributed by atoms with Crippen LogP contribution in [0.1, 0.15) is 19.3 Å². The molecule has 0 spiro atoms. The number of nitriles is 1. The molecule has 2 N–H and O–H groups in total. The summed E-state index contributed by atoms with van der Waals surface area (Å²) in [6.45, 7) is 2.04. The molecular formula is C12H19N3. The molecule has 82 valence electrons. The molecule has 1 saturated heterocycles. The van der Waals surface area contributed by atoms with Crippen molar-refractivity contribution in [3.63, 3.8) is 0 Å². The smallest absolute Gasteiger partial charge is 0.0694 e. The lowest BCUT2D eigenvalue weighted by Gasteiger charge is -2.34. The minimum atomic E-state index is -0.147. The lowest BCUT2D eigenvalue weighted by molar-refractivity contribution is 0.173. The Morgan fingerprint density at radius 1 is 1.40 bits per heavy atom. The Hall–Kier alpha value is -1.27. The zero-order valence-electron chi connectivity index (χ0n) is 9.32. The van der Waals surface area contributed by atoms with Gasteiger partial charge in [0, 0.05) is 0 Å². The van der Waals surface area contributed by atoms with E-state index >= 15 is 0 Å². The topological polar surface area (TPSA) is 53.0 Å². The highest BCUT2D eigenvalue weighted by Crippen LogP contribution is 2.34. The Morgan fingerprint density at radius 3 is 2.60 bits per heavy atom. The van der Waals surface area contributed by atoms with E-state index in [9.17, 15) is 5.26 Å². The first kappa shape index (κ1) is 11.8. The lowest BCUT2D eigenvalue weighted by atomic mass is 9.77. The second kappa shape index (κ2) is 5.57. The first-order valence-electron chi connectivity index (χ1n) is 5.36. The number of likely N-dealkylation sites (tertiary alicyclic amines) is 1. The maximum absolute atomic E-state index is 9.24. The molecule has 1 rings (SSSR count). The Bertz CT molecular complexity index is 278. The SMILES string of the molecule is CN1CCC(C#N)(C/C=C\C=C/N)CC1. The third-order valence-electron chi connectivity index (χ3n) is 3.05. The molecule has 0 aromatic rings. The van der Waals surface area contributed by atoms with E-state index in [2.05, 4.69) is 18.0 Å². The van der Waals surface area contributed by atoms with Gasteiger partial charge in [-0.1, -0.05) is 12.2 Å². The molecule has 0 aromatic heterocycles. The average molecular weight is 205 g/mol. The van der Waals surface area contributed by atoms with Gasteiger partial charge in [-0.15, -0.1) is 0 Å². The van der Waals surface area contributed by atoms with Crippen molar-refractivity contribution in [2.45, 2.75) is 19.3 Å². The van der Waals surface area contributed by atoms with Crippen LogP contribution in [0.4, 0.5) is 0 Å². The number of hydrogen-bond donors (Lipinski definition) is 1. The predicted octanol–water partition coefficient (Wildman–Crippen LogP) is 1.64. The van der Waals surface area contributed by atoms with Crippen molar-refractivity contribution in [2.75, 3.05) is 20.1 Å². The highest BCUT2D eigenvalue weighted by atomic mass is 15.1. The molecule has 0 aliphatic carbocycles. The van der Waals surface area contributed by atoms with E-state index in [0.29, 0.717) is 0 Å². The van der Waals surface area contributed by atoms with Crippen LogP contribution in [0.2, 0.25) is 0 Å². The quantitative estimate of drug-likeness (QED) is 0.713. The number of nitrogens with two attached hydrogens (primary N) is 1. The molecule has 15 heavy (non-hydrogen) atoms. The minimum Gasteiger partial charge on any atom is -0.405 e. The zero-order valence-corrected chi connectivity index (χ0v) is 9.32. The summed E-state index contributed by atoms with van der Waals surface area (Å²) >= 11 is 0. The van der Waals surface area contributed by atoms with E-state index in [1.807, 2.05) is 12.2 Å². The van der Waals surface area contributed by atoms with Gasteiger partial charge in [0.1, 0.15) is 0 Å². The Kier molecular flexibility index (Phi) is 4.38. The molecule has 0 aromatic carbocycles. The third kappa shape index (κ3) is 3.41. The van der Waals surface area contributed by atoms with Crippen molar-refractivity contribution in [1.82, 2.24) is 4.90 Å². The predicted molar refractivity (Wildman–Crippen MR) is 61.9 cm³/mol. The molecule has 1 aliphatic heterocycles. The van der Waals surface area contributed by atoms with Gasteiger partial charge in [0.2, 0.25) is 0 Å². The fourth-order valence-corrected chi connectivity index (χ4v) is 1.84. The summed E-state index contributed by atoms with van der Waals surface area (Å²) < 4.78 is 0. The molecule has 1 heterocycles. The molecule has 3 heteroatoms. The number of hydrogen-bond acceptors (Lipinski definition) is 3. The first-order valence-corrected chi connectivity index (χ1v) is 5.36. The monoisotopic (exact) mass is 205 g/mol. The van der Waals surface area contributed by atoms with Gasteiger partial charge in [0.15, 0.2) is 0 Å². The highest BCUT2D eigenvalue weighted by Gasteiger charge is 2.32. The number of allylic oxidation sites excluding steroid dienone is 3. The molecular weight excluding hydrogens is 186 g/mol. The molecule has 0 radical (unpaired) electrons. The van der Waals surface area contributed by atoms with Crippen LogP contribution in [0, 0.1) is 16.7 Å². The second-order valence-electron chi connectivity index (χ2n) is 4.21. The van der Waals surface area contributed by atoms with Crippen molar-refractivity contribution in [3.05, 3.63) is 24.4 Å². The average Bonchev–Trinajstić information content (AvgIpc) is 2.28. The lowest BCUT2D eigenvalue weighted by Crippen LogP contribution is -2.36. The van der Waals surface area contributed by atoms with Crippen LogP contribution in [0.5, 0.6) is 0 Å². The van der Waals surface area contributed by atoms with Crippen molar-refractivity contribution in [1.29, 1.82) is 5.26 Å².